The van der Waals surface area contributed by atoms with Crippen LogP contribution in [0.5, 0.6) is 5.75 Å². The highest BCUT2D eigenvalue weighted by Gasteiger charge is 2.22. The maximum Gasteiger partial charge on any atom is 0.311 e. The Labute approximate surface area is 183 Å². The van der Waals surface area contributed by atoms with Crippen molar-refractivity contribution in [1.82, 2.24) is 0 Å². The smallest absolute Gasteiger partial charge is 0.311 e. The van der Waals surface area contributed by atoms with Gasteiger partial charge in [0.1, 0.15) is 5.75 Å². The molecule has 1 saturated carbocycles. The van der Waals surface area contributed by atoms with Crippen molar-refractivity contribution >= 4 is 5.97 Å². The van der Waals surface area contributed by atoms with Crippen LogP contribution in [0.25, 0.3) is 11.1 Å². The average molecular weight is 407 g/mol. The van der Waals surface area contributed by atoms with Crippen LogP contribution in [0.4, 0.5) is 0 Å². The largest absolute Gasteiger partial charge is 0.427 e. The molecule has 0 atom stereocenters. The molecule has 0 amide bonds. The van der Waals surface area contributed by atoms with Gasteiger partial charge in [0.2, 0.25) is 0 Å². The molecular weight excluding hydrogens is 368 g/mol. The van der Waals surface area contributed by atoms with Crippen molar-refractivity contribution in [3.8, 4) is 16.9 Å². The van der Waals surface area contributed by atoms with Gasteiger partial charge in [-0.15, -0.1) is 0 Å². The summed E-state index contributed by atoms with van der Waals surface area (Å²) < 4.78 is 5.41. The standard InChI is InChI=1S/C28H38O2/c1-3-5-7-8-22-10-12-23(13-11-22)24-14-16-25(17-15-24)26-18-20-27(21-19-26)30-28(29)9-6-4-2/h14-23H,3-13H2,1-2H3/t22-,23-. The van der Waals surface area contributed by atoms with Gasteiger partial charge in [0.15, 0.2) is 0 Å². The van der Waals surface area contributed by atoms with Crippen molar-refractivity contribution in [2.24, 2.45) is 5.92 Å². The lowest BCUT2D eigenvalue weighted by atomic mass is 9.77. The van der Waals surface area contributed by atoms with Gasteiger partial charge in [-0.25, -0.2) is 0 Å². The third-order valence-corrected chi connectivity index (χ3v) is 6.60. The van der Waals surface area contributed by atoms with Crippen molar-refractivity contribution in [3.63, 3.8) is 0 Å². The van der Waals surface area contributed by atoms with E-state index in [2.05, 4.69) is 38.1 Å². The molecular formula is C28H38O2. The monoisotopic (exact) mass is 406 g/mol. The zero-order valence-corrected chi connectivity index (χ0v) is 18.9. The van der Waals surface area contributed by atoms with Gasteiger partial charge in [0.05, 0.1) is 0 Å². The van der Waals surface area contributed by atoms with Crippen LogP contribution in [0.15, 0.2) is 48.5 Å². The third-order valence-electron chi connectivity index (χ3n) is 6.60. The fourth-order valence-electron chi connectivity index (χ4n) is 4.63. The molecule has 1 aliphatic carbocycles. The summed E-state index contributed by atoms with van der Waals surface area (Å²) in [5.74, 6) is 2.18. The second-order valence-corrected chi connectivity index (χ2v) is 8.94. The van der Waals surface area contributed by atoms with Crippen LogP contribution in [0.1, 0.15) is 96.0 Å². The molecule has 1 fully saturated rings. The molecule has 0 bridgehead atoms. The number of benzene rings is 2. The number of hydrogen-bond donors (Lipinski definition) is 0. The van der Waals surface area contributed by atoms with Gasteiger partial charge in [0.25, 0.3) is 0 Å². The van der Waals surface area contributed by atoms with Gasteiger partial charge in [-0.2, -0.15) is 0 Å². The molecule has 2 aromatic carbocycles. The Balaban J connectivity index is 1.51. The highest BCUT2D eigenvalue weighted by Crippen LogP contribution is 2.38. The normalized spacial score (nSPS) is 18.9. The summed E-state index contributed by atoms with van der Waals surface area (Å²) in [5.41, 5.74) is 3.87. The Bertz CT molecular complexity index is 752. The minimum absolute atomic E-state index is 0.144. The number of hydrogen-bond acceptors (Lipinski definition) is 2. The van der Waals surface area contributed by atoms with Crippen molar-refractivity contribution in [1.29, 1.82) is 0 Å². The fourth-order valence-corrected chi connectivity index (χ4v) is 4.63. The summed E-state index contributed by atoms with van der Waals surface area (Å²) >= 11 is 0. The predicted molar refractivity (Wildman–Crippen MR) is 126 cm³/mol. The predicted octanol–water partition coefficient (Wildman–Crippen LogP) is 8.30. The van der Waals surface area contributed by atoms with Gasteiger partial charge in [-0.05, 0) is 72.8 Å². The highest BCUT2D eigenvalue weighted by atomic mass is 16.5. The molecule has 3 rings (SSSR count). The second kappa shape index (κ2) is 11.9. The van der Waals surface area contributed by atoms with Crippen LogP contribution >= 0.6 is 0 Å². The van der Waals surface area contributed by atoms with Crippen molar-refractivity contribution in [3.05, 3.63) is 54.1 Å². The van der Waals surface area contributed by atoms with E-state index in [1.807, 2.05) is 24.3 Å². The van der Waals surface area contributed by atoms with E-state index in [4.69, 9.17) is 4.74 Å². The number of unbranched alkanes of at least 4 members (excludes halogenated alkanes) is 3. The van der Waals surface area contributed by atoms with Crippen molar-refractivity contribution in [2.45, 2.75) is 90.4 Å². The average Bonchev–Trinajstić information content (AvgIpc) is 2.79. The van der Waals surface area contributed by atoms with Crippen LogP contribution in [0.3, 0.4) is 0 Å². The molecule has 162 valence electrons. The summed E-state index contributed by atoms with van der Waals surface area (Å²) in [6, 6.07) is 17.0. The van der Waals surface area contributed by atoms with E-state index in [0.717, 1.165) is 30.2 Å². The number of carbonyl (C=O) groups excluding carboxylic acids is 1. The van der Waals surface area contributed by atoms with Crippen LogP contribution in [-0.4, -0.2) is 5.97 Å². The fraction of sp³-hybridized carbons (Fsp3) is 0.536. The molecule has 2 heteroatoms. The number of esters is 1. The zero-order chi connectivity index (χ0) is 21.2. The van der Waals surface area contributed by atoms with Gasteiger partial charge in [0, 0.05) is 6.42 Å². The van der Waals surface area contributed by atoms with E-state index >= 15 is 0 Å². The van der Waals surface area contributed by atoms with Crippen molar-refractivity contribution in [2.75, 3.05) is 0 Å². The van der Waals surface area contributed by atoms with Crippen molar-refractivity contribution < 1.29 is 9.53 Å². The zero-order valence-electron chi connectivity index (χ0n) is 18.9. The molecule has 30 heavy (non-hydrogen) atoms. The number of rotatable bonds is 10. The van der Waals surface area contributed by atoms with Crippen LogP contribution in [0, 0.1) is 5.92 Å². The molecule has 0 N–H and O–H groups in total. The Hall–Kier alpha value is -2.09. The first-order valence-corrected chi connectivity index (χ1v) is 12.1. The molecule has 1 aliphatic rings. The molecule has 0 unspecified atom stereocenters. The Morgan fingerprint density at radius 2 is 1.40 bits per heavy atom. The second-order valence-electron chi connectivity index (χ2n) is 8.94. The van der Waals surface area contributed by atoms with E-state index in [0.29, 0.717) is 12.2 Å². The molecule has 2 aromatic rings. The van der Waals surface area contributed by atoms with Gasteiger partial charge < -0.3 is 4.74 Å². The Kier molecular flexibility index (Phi) is 8.99. The number of ether oxygens (including phenoxy) is 1. The van der Waals surface area contributed by atoms with Crippen LogP contribution in [-0.2, 0) is 4.79 Å². The molecule has 0 saturated heterocycles. The lowest BCUT2D eigenvalue weighted by Gasteiger charge is -2.29. The maximum atomic E-state index is 11.8. The third kappa shape index (κ3) is 6.72. The molecule has 2 nitrogen and oxygen atoms in total. The summed E-state index contributed by atoms with van der Waals surface area (Å²) in [5, 5.41) is 0. The Morgan fingerprint density at radius 3 is 2.00 bits per heavy atom. The van der Waals surface area contributed by atoms with Crippen LogP contribution in [0.2, 0.25) is 0 Å². The first kappa shape index (κ1) is 22.6. The molecule has 0 radical (unpaired) electrons. The quantitative estimate of drug-likeness (QED) is 0.225. The first-order valence-electron chi connectivity index (χ1n) is 12.1. The summed E-state index contributed by atoms with van der Waals surface area (Å²) in [4.78, 5) is 11.8. The van der Waals surface area contributed by atoms with E-state index < -0.39 is 0 Å². The Morgan fingerprint density at radius 1 is 0.800 bits per heavy atom. The minimum Gasteiger partial charge on any atom is -0.427 e. The van der Waals surface area contributed by atoms with Gasteiger partial charge >= 0.3 is 5.97 Å². The summed E-state index contributed by atoms with van der Waals surface area (Å²) in [6.45, 7) is 4.37. The molecule has 0 spiro atoms. The number of carbonyl (C=O) groups is 1. The highest BCUT2D eigenvalue weighted by molar-refractivity contribution is 5.73. The SMILES string of the molecule is CCCCC[C@H]1CC[C@H](c2ccc(-c3ccc(OC(=O)CCCC)cc3)cc2)CC1. The molecule has 0 heterocycles. The van der Waals surface area contributed by atoms with Crippen LogP contribution < -0.4 is 4.74 Å². The summed E-state index contributed by atoms with van der Waals surface area (Å²) in [7, 11) is 0. The lowest BCUT2D eigenvalue weighted by molar-refractivity contribution is -0.134. The summed E-state index contributed by atoms with van der Waals surface area (Å²) in [6.07, 6.45) is 13.4. The molecule has 0 aliphatic heterocycles. The maximum absolute atomic E-state index is 11.8. The van der Waals surface area contributed by atoms with E-state index in [-0.39, 0.29) is 5.97 Å². The minimum atomic E-state index is -0.144. The lowest BCUT2D eigenvalue weighted by Crippen LogP contribution is -2.13. The van der Waals surface area contributed by atoms with E-state index in [1.165, 1.54) is 62.5 Å². The van der Waals surface area contributed by atoms with E-state index in [9.17, 15) is 4.79 Å². The van der Waals surface area contributed by atoms with Gasteiger partial charge in [-0.1, -0.05) is 82.3 Å². The first-order chi connectivity index (χ1) is 14.7. The van der Waals surface area contributed by atoms with Gasteiger partial charge in [-0.3, -0.25) is 4.79 Å². The topological polar surface area (TPSA) is 26.3 Å². The molecule has 0 aromatic heterocycles. The van der Waals surface area contributed by atoms with E-state index in [1.54, 1.807) is 0 Å².